The first-order chi connectivity index (χ1) is 14.6. The quantitative estimate of drug-likeness (QED) is 0.401. The van der Waals surface area contributed by atoms with Crippen molar-refractivity contribution in [2.45, 2.75) is 18.2 Å². The SMILES string of the molecule is Cc1cc(Cl)cc2sc(N(CCCN(C)C)C(=O)CS(=O)(=O)c3ccc(Cl)cc3)nc12.Cl. The number of benzene rings is 2. The van der Waals surface area contributed by atoms with Crippen molar-refractivity contribution in [3.63, 3.8) is 0 Å². The molecule has 0 aliphatic heterocycles. The van der Waals surface area contributed by atoms with Crippen LogP contribution >= 0.6 is 46.9 Å². The van der Waals surface area contributed by atoms with Crippen LogP contribution in [0.5, 0.6) is 0 Å². The molecule has 0 saturated heterocycles. The first-order valence-electron chi connectivity index (χ1n) is 9.57. The number of carbonyl (C=O) groups excluding carboxylic acids is 1. The van der Waals surface area contributed by atoms with Gasteiger partial charge in [-0.25, -0.2) is 13.4 Å². The third kappa shape index (κ3) is 6.56. The fourth-order valence-electron chi connectivity index (χ4n) is 3.10. The molecule has 0 spiro atoms. The van der Waals surface area contributed by atoms with Crippen molar-refractivity contribution >= 4 is 78.0 Å². The van der Waals surface area contributed by atoms with Crippen LogP contribution in [0.15, 0.2) is 41.3 Å². The van der Waals surface area contributed by atoms with Gasteiger partial charge < -0.3 is 4.90 Å². The Morgan fingerprint density at radius 3 is 2.34 bits per heavy atom. The Morgan fingerprint density at radius 1 is 1.06 bits per heavy atom. The lowest BCUT2D eigenvalue weighted by atomic mass is 10.2. The highest BCUT2D eigenvalue weighted by atomic mass is 35.5. The summed E-state index contributed by atoms with van der Waals surface area (Å²) in [6.07, 6.45) is 0.676. The maximum atomic E-state index is 13.2. The van der Waals surface area contributed by atoms with Gasteiger partial charge in [-0.05, 0) is 75.9 Å². The van der Waals surface area contributed by atoms with Crippen molar-refractivity contribution in [1.29, 1.82) is 0 Å². The zero-order chi connectivity index (χ0) is 22.8. The number of hydrogen-bond donors (Lipinski definition) is 0. The Balaban J connectivity index is 0.00000363. The lowest BCUT2D eigenvalue weighted by Gasteiger charge is -2.21. The van der Waals surface area contributed by atoms with Crippen molar-refractivity contribution in [2.75, 3.05) is 37.8 Å². The van der Waals surface area contributed by atoms with E-state index in [4.69, 9.17) is 23.2 Å². The smallest absolute Gasteiger partial charge is 0.244 e. The maximum Gasteiger partial charge on any atom is 0.244 e. The Labute approximate surface area is 208 Å². The molecule has 0 saturated carbocycles. The molecule has 32 heavy (non-hydrogen) atoms. The third-order valence-corrected chi connectivity index (χ3v) is 7.76. The van der Waals surface area contributed by atoms with Crippen LogP contribution in [0.4, 0.5) is 5.13 Å². The number of halogens is 3. The molecule has 3 aromatic rings. The number of aromatic nitrogens is 1. The second-order valence-corrected chi connectivity index (χ2v) is 11.4. The van der Waals surface area contributed by atoms with E-state index >= 15 is 0 Å². The van der Waals surface area contributed by atoms with Gasteiger partial charge in [-0.3, -0.25) is 9.69 Å². The average Bonchev–Trinajstić information content (AvgIpc) is 3.08. The molecule has 0 aliphatic rings. The summed E-state index contributed by atoms with van der Waals surface area (Å²) in [4.78, 5) is 21.3. The summed E-state index contributed by atoms with van der Waals surface area (Å²) in [5, 5.41) is 1.49. The molecule has 2 aromatic carbocycles. The standard InChI is InChI=1S/C21H23Cl2N3O3S2.ClH/c1-14-11-16(23)12-18-20(14)24-21(30-18)26(10-4-9-25(2)3)19(27)13-31(28,29)17-7-5-15(22)6-8-17;/h5-8,11-12H,4,9-10,13H2,1-3H3;1H. The van der Waals surface area contributed by atoms with E-state index < -0.39 is 21.5 Å². The van der Waals surface area contributed by atoms with Gasteiger partial charge in [0.05, 0.1) is 15.1 Å². The third-order valence-electron chi connectivity index (χ3n) is 4.64. The first kappa shape index (κ1) is 26.8. The van der Waals surface area contributed by atoms with Crippen LogP contribution in [0.2, 0.25) is 10.0 Å². The van der Waals surface area contributed by atoms with E-state index in [1.807, 2.05) is 32.0 Å². The van der Waals surface area contributed by atoms with Gasteiger partial charge in [-0.1, -0.05) is 34.5 Å². The normalized spacial score (nSPS) is 11.6. The Hall–Kier alpha value is -1.42. The molecule has 0 aliphatic carbocycles. The van der Waals surface area contributed by atoms with Gasteiger partial charge in [0.25, 0.3) is 0 Å². The molecule has 0 N–H and O–H groups in total. The van der Waals surface area contributed by atoms with Gasteiger partial charge in [-0.15, -0.1) is 12.4 Å². The van der Waals surface area contributed by atoms with Crippen molar-refractivity contribution in [1.82, 2.24) is 9.88 Å². The number of aryl methyl sites for hydroxylation is 1. The van der Waals surface area contributed by atoms with E-state index in [1.54, 1.807) is 6.07 Å². The van der Waals surface area contributed by atoms with Crippen molar-refractivity contribution in [3.8, 4) is 0 Å². The maximum absolute atomic E-state index is 13.2. The largest absolute Gasteiger partial charge is 0.309 e. The first-order valence-corrected chi connectivity index (χ1v) is 12.8. The number of carbonyl (C=O) groups is 1. The topological polar surface area (TPSA) is 70.6 Å². The van der Waals surface area contributed by atoms with E-state index in [1.165, 1.54) is 40.5 Å². The van der Waals surface area contributed by atoms with Crippen LogP contribution in [0, 0.1) is 6.92 Å². The predicted molar refractivity (Wildman–Crippen MR) is 136 cm³/mol. The zero-order valence-corrected chi connectivity index (χ0v) is 21.8. The number of thiazole rings is 1. The van der Waals surface area contributed by atoms with Crippen LogP contribution in [0.25, 0.3) is 10.2 Å². The lowest BCUT2D eigenvalue weighted by Crippen LogP contribution is -2.37. The molecule has 1 amide bonds. The molecule has 3 rings (SSSR count). The predicted octanol–water partition coefficient (Wildman–Crippen LogP) is 5.09. The van der Waals surface area contributed by atoms with Crippen molar-refractivity contribution in [3.05, 3.63) is 52.0 Å². The molecule has 0 fully saturated rings. The minimum atomic E-state index is -3.82. The molecule has 0 bridgehead atoms. The van der Waals surface area contributed by atoms with E-state index in [0.717, 1.165) is 22.3 Å². The Kier molecular flexibility index (Phi) is 9.34. The van der Waals surface area contributed by atoms with E-state index in [-0.39, 0.29) is 17.3 Å². The number of anilines is 1. The number of fused-ring (bicyclic) bond motifs is 1. The zero-order valence-electron chi connectivity index (χ0n) is 17.8. The summed E-state index contributed by atoms with van der Waals surface area (Å²) in [6, 6.07) is 9.42. The second kappa shape index (κ2) is 11.1. The van der Waals surface area contributed by atoms with Gasteiger partial charge in [0.2, 0.25) is 5.91 Å². The molecular formula is C21H24Cl3N3O3S2. The summed E-state index contributed by atoms with van der Waals surface area (Å²) >= 11 is 13.3. The van der Waals surface area contributed by atoms with Crippen LogP contribution < -0.4 is 4.90 Å². The highest BCUT2D eigenvalue weighted by molar-refractivity contribution is 7.92. The van der Waals surface area contributed by atoms with E-state index in [9.17, 15) is 13.2 Å². The van der Waals surface area contributed by atoms with Crippen molar-refractivity contribution < 1.29 is 13.2 Å². The summed E-state index contributed by atoms with van der Waals surface area (Å²) < 4.78 is 26.5. The fourth-order valence-corrected chi connectivity index (χ4v) is 5.88. The molecule has 11 heteroatoms. The number of hydrogen-bond acceptors (Lipinski definition) is 6. The molecule has 0 atom stereocenters. The molecule has 1 aromatic heterocycles. The number of amides is 1. The highest BCUT2D eigenvalue weighted by Crippen LogP contribution is 2.33. The second-order valence-electron chi connectivity index (χ2n) is 7.48. The molecule has 0 unspecified atom stereocenters. The summed E-state index contributed by atoms with van der Waals surface area (Å²) in [6.45, 7) is 3.02. The fraction of sp³-hybridized carbons (Fsp3) is 0.333. The molecule has 1 heterocycles. The van der Waals surface area contributed by atoms with Crippen LogP contribution in [-0.4, -0.2) is 57.1 Å². The van der Waals surface area contributed by atoms with Crippen LogP contribution in [0.3, 0.4) is 0 Å². The number of nitrogens with zero attached hydrogens (tertiary/aromatic N) is 3. The van der Waals surface area contributed by atoms with E-state index in [2.05, 4.69) is 4.98 Å². The minimum absolute atomic E-state index is 0. The van der Waals surface area contributed by atoms with Gasteiger partial charge in [-0.2, -0.15) is 0 Å². The minimum Gasteiger partial charge on any atom is -0.309 e. The molecule has 6 nitrogen and oxygen atoms in total. The average molecular weight is 537 g/mol. The monoisotopic (exact) mass is 535 g/mol. The van der Waals surface area contributed by atoms with Crippen LogP contribution in [-0.2, 0) is 14.6 Å². The van der Waals surface area contributed by atoms with E-state index in [0.29, 0.717) is 28.1 Å². The van der Waals surface area contributed by atoms with Gasteiger partial charge in [0, 0.05) is 16.6 Å². The van der Waals surface area contributed by atoms with Crippen molar-refractivity contribution in [2.24, 2.45) is 0 Å². The summed E-state index contributed by atoms with van der Waals surface area (Å²) in [7, 11) is 0.0692. The van der Waals surface area contributed by atoms with Gasteiger partial charge >= 0.3 is 0 Å². The number of rotatable bonds is 8. The van der Waals surface area contributed by atoms with Crippen LogP contribution in [0.1, 0.15) is 12.0 Å². The Bertz CT molecular complexity index is 1200. The number of sulfone groups is 1. The summed E-state index contributed by atoms with van der Waals surface area (Å²) in [5.41, 5.74) is 1.66. The molecule has 0 radical (unpaired) electrons. The van der Waals surface area contributed by atoms with Gasteiger partial charge in [0.1, 0.15) is 5.75 Å². The lowest BCUT2D eigenvalue weighted by molar-refractivity contribution is -0.116. The molecule has 174 valence electrons. The Morgan fingerprint density at radius 2 is 1.72 bits per heavy atom. The van der Waals surface area contributed by atoms with Gasteiger partial charge in [0.15, 0.2) is 15.0 Å². The molecular weight excluding hydrogens is 513 g/mol. The summed E-state index contributed by atoms with van der Waals surface area (Å²) in [5.74, 6) is -1.16. The highest BCUT2D eigenvalue weighted by Gasteiger charge is 2.26.